The molecule has 0 amide bonds. The van der Waals surface area contributed by atoms with Crippen molar-refractivity contribution in [2.75, 3.05) is 19.0 Å². The Labute approximate surface area is 162 Å². The second kappa shape index (κ2) is 8.22. The van der Waals surface area contributed by atoms with Crippen LogP contribution in [0.15, 0.2) is 36.5 Å². The summed E-state index contributed by atoms with van der Waals surface area (Å²) in [6, 6.07) is 9.06. The molecular formula is C20H20ClN3O3. The van der Waals surface area contributed by atoms with Crippen molar-refractivity contribution in [2.45, 2.75) is 20.3 Å². The Morgan fingerprint density at radius 3 is 2.78 bits per heavy atom. The van der Waals surface area contributed by atoms with Gasteiger partial charge in [-0.05, 0) is 43.7 Å². The third kappa shape index (κ3) is 4.11. The van der Waals surface area contributed by atoms with E-state index >= 15 is 0 Å². The maximum absolute atomic E-state index is 12.5. The Hall–Kier alpha value is -2.86. The zero-order valence-electron chi connectivity index (χ0n) is 15.4. The fourth-order valence-electron chi connectivity index (χ4n) is 2.62. The number of methoxy groups -OCH3 is 1. The maximum Gasteiger partial charge on any atom is 0.341 e. The molecule has 140 valence electrons. The smallest absolute Gasteiger partial charge is 0.341 e. The lowest BCUT2D eigenvalue weighted by atomic mass is 10.1. The largest absolute Gasteiger partial charge is 0.495 e. The number of carbonyl (C=O) groups is 1. The molecule has 0 spiro atoms. The number of carbonyl (C=O) groups excluding carboxylic acids is 1. The van der Waals surface area contributed by atoms with Crippen LogP contribution in [0, 0.1) is 6.92 Å². The van der Waals surface area contributed by atoms with Crippen molar-refractivity contribution in [1.29, 1.82) is 0 Å². The van der Waals surface area contributed by atoms with Gasteiger partial charge >= 0.3 is 5.97 Å². The van der Waals surface area contributed by atoms with Crippen LogP contribution in [0.5, 0.6) is 5.75 Å². The minimum atomic E-state index is -0.436. The molecule has 0 atom stereocenters. The number of fused-ring (bicyclic) bond motifs is 1. The standard InChI is InChI=1S/C20H20ClN3O3/c1-4-9-27-20(25)15-11-22-19-14(7-5-12(2)23-19)18(15)24-13-6-8-17(26-3)16(21)10-13/h5-8,10-11H,4,9H2,1-3H3,(H,22,23,24). The van der Waals surface area contributed by atoms with Gasteiger partial charge < -0.3 is 14.8 Å². The normalized spacial score (nSPS) is 10.7. The summed E-state index contributed by atoms with van der Waals surface area (Å²) < 4.78 is 10.5. The van der Waals surface area contributed by atoms with Crippen LogP contribution in [0.4, 0.5) is 11.4 Å². The lowest BCUT2D eigenvalue weighted by Crippen LogP contribution is -2.10. The lowest BCUT2D eigenvalue weighted by Gasteiger charge is -2.15. The van der Waals surface area contributed by atoms with Crippen LogP contribution < -0.4 is 10.1 Å². The summed E-state index contributed by atoms with van der Waals surface area (Å²) in [4.78, 5) is 21.3. The van der Waals surface area contributed by atoms with E-state index < -0.39 is 5.97 Å². The Morgan fingerprint density at radius 2 is 2.07 bits per heavy atom. The zero-order valence-corrected chi connectivity index (χ0v) is 16.1. The molecule has 3 rings (SSSR count). The van der Waals surface area contributed by atoms with E-state index in [1.165, 1.54) is 6.20 Å². The molecule has 0 aliphatic carbocycles. The molecule has 0 bridgehead atoms. The third-order valence-corrected chi connectivity index (χ3v) is 4.24. The Bertz CT molecular complexity index is 992. The van der Waals surface area contributed by atoms with Crippen LogP contribution >= 0.6 is 11.6 Å². The summed E-state index contributed by atoms with van der Waals surface area (Å²) in [7, 11) is 1.56. The topological polar surface area (TPSA) is 73.3 Å². The quantitative estimate of drug-likeness (QED) is 0.607. The summed E-state index contributed by atoms with van der Waals surface area (Å²) in [6.07, 6.45) is 2.23. The average Bonchev–Trinajstić information content (AvgIpc) is 2.66. The SMILES string of the molecule is CCCOC(=O)c1cnc2nc(C)ccc2c1Nc1ccc(OC)c(Cl)c1. The van der Waals surface area contributed by atoms with Gasteiger partial charge in [0.25, 0.3) is 0 Å². The summed E-state index contributed by atoms with van der Waals surface area (Å²) in [5.41, 5.74) is 3.01. The second-order valence-corrected chi connectivity index (χ2v) is 6.39. The number of benzene rings is 1. The fraction of sp³-hybridized carbons (Fsp3) is 0.250. The number of rotatable bonds is 6. The van der Waals surface area contributed by atoms with Crippen molar-refractivity contribution in [3.63, 3.8) is 0 Å². The lowest BCUT2D eigenvalue weighted by molar-refractivity contribution is 0.0506. The van der Waals surface area contributed by atoms with Gasteiger partial charge in [0.05, 0.1) is 24.4 Å². The molecule has 3 aromatic rings. The van der Waals surface area contributed by atoms with Crippen molar-refractivity contribution in [3.8, 4) is 5.75 Å². The molecular weight excluding hydrogens is 366 g/mol. The van der Waals surface area contributed by atoms with Crippen LogP contribution in [0.3, 0.4) is 0 Å². The summed E-state index contributed by atoms with van der Waals surface area (Å²) in [6.45, 7) is 4.18. The van der Waals surface area contributed by atoms with Crippen molar-refractivity contribution in [1.82, 2.24) is 9.97 Å². The van der Waals surface area contributed by atoms with Gasteiger partial charge in [-0.3, -0.25) is 0 Å². The first-order chi connectivity index (χ1) is 13.0. The minimum Gasteiger partial charge on any atom is -0.495 e. The van der Waals surface area contributed by atoms with Gasteiger partial charge in [0, 0.05) is 23.0 Å². The molecule has 6 nitrogen and oxygen atoms in total. The van der Waals surface area contributed by atoms with E-state index in [2.05, 4.69) is 15.3 Å². The van der Waals surface area contributed by atoms with Crippen molar-refractivity contribution in [2.24, 2.45) is 0 Å². The van der Waals surface area contributed by atoms with Crippen LogP contribution in [0.1, 0.15) is 29.4 Å². The molecule has 0 radical (unpaired) electrons. The van der Waals surface area contributed by atoms with Gasteiger partial charge in [-0.15, -0.1) is 0 Å². The second-order valence-electron chi connectivity index (χ2n) is 5.98. The van der Waals surface area contributed by atoms with E-state index in [0.29, 0.717) is 40.0 Å². The number of hydrogen-bond donors (Lipinski definition) is 1. The predicted molar refractivity (Wildman–Crippen MR) is 106 cm³/mol. The van der Waals surface area contributed by atoms with Gasteiger partial charge in [0.1, 0.15) is 11.3 Å². The van der Waals surface area contributed by atoms with Gasteiger partial charge in [0.15, 0.2) is 5.65 Å². The predicted octanol–water partition coefficient (Wildman–Crippen LogP) is 4.91. The Morgan fingerprint density at radius 1 is 1.26 bits per heavy atom. The molecule has 27 heavy (non-hydrogen) atoms. The molecule has 1 aromatic carbocycles. The molecule has 0 fully saturated rings. The Balaban J connectivity index is 2.09. The van der Waals surface area contributed by atoms with Crippen LogP contribution in [-0.2, 0) is 4.74 Å². The maximum atomic E-state index is 12.5. The number of aromatic nitrogens is 2. The van der Waals surface area contributed by atoms with Crippen LogP contribution in [-0.4, -0.2) is 29.7 Å². The van der Waals surface area contributed by atoms with E-state index in [9.17, 15) is 4.79 Å². The van der Waals surface area contributed by atoms with E-state index in [4.69, 9.17) is 21.1 Å². The van der Waals surface area contributed by atoms with Crippen molar-refractivity contribution >= 4 is 40.0 Å². The molecule has 0 unspecified atom stereocenters. The van der Waals surface area contributed by atoms with E-state index in [-0.39, 0.29) is 0 Å². The number of nitrogens with zero attached hydrogens (tertiary/aromatic N) is 2. The number of hydrogen-bond acceptors (Lipinski definition) is 6. The number of anilines is 2. The monoisotopic (exact) mass is 385 g/mol. The van der Waals surface area contributed by atoms with Crippen LogP contribution in [0.2, 0.25) is 5.02 Å². The highest BCUT2D eigenvalue weighted by Gasteiger charge is 2.18. The molecule has 0 saturated heterocycles. The summed E-state index contributed by atoms with van der Waals surface area (Å²) >= 11 is 6.22. The minimum absolute atomic E-state index is 0.341. The number of halogens is 1. The first-order valence-electron chi connectivity index (χ1n) is 8.57. The number of aryl methyl sites for hydroxylation is 1. The van der Waals surface area contributed by atoms with E-state index in [0.717, 1.165) is 17.5 Å². The Kier molecular flexibility index (Phi) is 5.76. The third-order valence-electron chi connectivity index (χ3n) is 3.95. The molecule has 2 aromatic heterocycles. The van der Waals surface area contributed by atoms with Gasteiger partial charge in [0.2, 0.25) is 0 Å². The molecule has 2 heterocycles. The first kappa shape index (κ1) is 18.9. The van der Waals surface area contributed by atoms with Gasteiger partial charge in [-0.1, -0.05) is 18.5 Å². The average molecular weight is 386 g/mol. The summed E-state index contributed by atoms with van der Waals surface area (Å²) in [5.74, 6) is 0.135. The summed E-state index contributed by atoms with van der Waals surface area (Å²) in [5, 5.41) is 4.45. The number of esters is 1. The van der Waals surface area contributed by atoms with Crippen molar-refractivity contribution < 1.29 is 14.3 Å². The number of ether oxygens (including phenoxy) is 2. The number of nitrogens with one attached hydrogen (secondary N) is 1. The van der Waals surface area contributed by atoms with Crippen molar-refractivity contribution in [3.05, 3.63) is 52.8 Å². The highest BCUT2D eigenvalue weighted by Crippen LogP contribution is 2.33. The van der Waals surface area contributed by atoms with Crippen LogP contribution in [0.25, 0.3) is 11.0 Å². The molecule has 0 saturated carbocycles. The van der Waals surface area contributed by atoms with E-state index in [1.54, 1.807) is 19.2 Å². The molecule has 0 aliphatic heterocycles. The first-order valence-corrected chi connectivity index (χ1v) is 8.95. The van der Waals surface area contributed by atoms with E-state index in [1.807, 2.05) is 32.0 Å². The highest BCUT2D eigenvalue weighted by molar-refractivity contribution is 6.32. The fourth-order valence-corrected chi connectivity index (χ4v) is 2.88. The highest BCUT2D eigenvalue weighted by atomic mass is 35.5. The van der Waals surface area contributed by atoms with Gasteiger partial charge in [-0.2, -0.15) is 0 Å². The zero-order chi connectivity index (χ0) is 19.4. The molecule has 7 heteroatoms. The van der Waals surface area contributed by atoms with Gasteiger partial charge in [-0.25, -0.2) is 14.8 Å². The molecule has 1 N–H and O–H groups in total. The molecule has 0 aliphatic rings. The number of pyridine rings is 2.